The van der Waals surface area contributed by atoms with Crippen molar-refractivity contribution in [1.82, 2.24) is 10.9 Å². The number of ether oxygens (including phenoxy) is 1. The van der Waals surface area contributed by atoms with Gasteiger partial charge in [-0.25, -0.2) is 10.3 Å². The molecule has 1 heterocycles. The van der Waals surface area contributed by atoms with Gasteiger partial charge >= 0.3 is 0 Å². The minimum atomic E-state index is -0.803. The van der Waals surface area contributed by atoms with Gasteiger partial charge in [0.05, 0.1) is 19.2 Å². The first-order valence-electron chi connectivity index (χ1n) is 7.72. The molecule has 2 N–H and O–H groups in total. The summed E-state index contributed by atoms with van der Waals surface area (Å²) >= 11 is 0. The predicted molar refractivity (Wildman–Crippen MR) is 90.9 cm³/mol. The molecule has 0 unspecified atom stereocenters. The Morgan fingerprint density at radius 1 is 1.08 bits per heavy atom. The summed E-state index contributed by atoms with van der Waals surface area (Å²) in [5.74, 6) is -0.485. The average Bonchev–Trinajstić information content (AvgIpc) is 2.94. The van der Waals surface area contributed by atoms with Gasteiger partial charge in [0, 0.05) is 5.56 Å². The molecular weight excluding hydrogens is 322 g/mol. The van der Waals surface area contributed by atoms with Gasteiger partial charge in [0.1, 0.15) is 11.8 Å². The second-order valence-corrected chi connectivity index (χ2v) is 5.49. The number of carbonyl (C=O) groups is 3. The van der Waals surface area contributed by atoms with Crippen LogP contribution in [-0.2, 0) is 9.59 Å². The Morgan fingerprint density at radius 3 is 2.40 bits per heavy atom. The number of nitrogens with zero attached hydrogens (tertiary/aromatic N) is 1. The average molecular weight is 339 g/mol. The van der Waals surface area contributed by atoms with E-state index in [0.29, 0.717) is 17.0 Å². The van der Waals surface area contributed by atoms with Gasteiger partial charge in [-0.2, -0.15) is 0 Å². The van der Waals surface area contributed by atoms with Gasteiger partial charge in [0.15, 0.2) is 0 Å². The lowest BCUT2D eigenvalue weighted by Crippen LogP contribution is -2.48. The summed E-state index contributed by atoms with van der Waals surface area (Å²) in [6.45, 7) is 0. The first-order valence-corrected chi connectivity index (χ1v) is 7.72. The Hall–Kier alpha value is -3.19. The highest BCUT2D eigenvalue weighted by Crippen LogP contribution is 2.24. The van der Waals surface area contributed by atoms with Crippen molar-refractivity contribution in [2.24, 2.45) is 0 Å². The molecule has 128 valence electrons. The number of hydrazine groups is 1. The number of hydrogen-bond donors (Lipinski definition) is 2. The van der Waals surface area contributed by atoms with E-state index in [1.54, 1.807) is 54.6 Å². The fourth-order valence-electron chi connectivity index (χ4n) is 2.56. The predicted octanol–water partition coefficient (Wildman–Crippen LogP) is 1.26. The maximum atomic E-state index is 12.5. The van der Waals surface area contributed by atoms with Crippen LogP contribution >= 0.6 is 0 Å². The fourth-order valence-corrected chi connectivity index (χ4v) is 2.56. The van der Waals surface area contributed by atoms with Crippen LogP contribution in [0.1, 0.15) is 16.8 Å². The lowest BCUT2D eigenvalue weighted by Gasteiger charge is -2.16. The molecule has 25 heavy (non-hydrogen) atoms. The van der Waals surface area contributed by atoms with Crippen LogP contribution in [0, 0.1) is 0 Å². The molecular formula is C18H17N3O4. The van der Waals surface area contributed by atoms with Gasteiger partial charge in [0.25, 0.3) is 11.8 Å². The Morgan fingerprint density at radius 2 is 1.76 bits per heavy atom. The molecule has 1 saturated heterocycles. The molecule has 7 heteroatoms. The maximum absolute atomic E-state index is 12.5. The van der Waals surface area contributed by atoms with Crippen LogP contribution in [-0.4, -0.2) is 30.9 Å². The number of benzene rings is 2. The van der Waals surface area contributed by atoms with E-state index in [4.69, 9.17) is 4.74 Å². The van der Waals surface area contributed by atoms with Crippen molar-refractivity contribution in [1.29, 1.82) is 0 Å². The third-order valence-corrected chi connectivity index (χ3v) is 3.87. The number of nitrogens with one attached hydrogen (secondary N) is 2. The first-order chi connectivity index (χ1) is 12.1. The topological polar surface area (TPSA) is 87.7 Å². The van der Waals surface area contributed by atoms with Gasteiger partial charge in [-0.1, -0.05) is 18.2 Å². The van der Waals surface area contributed by atoms with Crippen molar-refractivity contribution >= 4 is 23.4 Å². The summed E-state index contributed by atoms with van der Waals surface area (Å²) in [6.07, 6.45) is -0.0278. The lowest BCUT2D eigenvalue weighted by atomic mass is 10.2. The van der Waals surface area contributed by atoms with Crippen molar-refractivity contribution in [3.8, 4) is 5.75 Å². The zero-order valence-corrected chi connectivity index (χ0v) is 13.6. The Bertz CT molecular complexity index is 790. The molecule has 1 fully saturated rings. The van der Waals surface area contributed by atoms with Gasteiger partial charge < -0.3 is 4.74 Å². The van der Waals surface area contributed by atoms with Crippen molar-refractivity contribution in [3.63, 3.8) is 0 Å². The number of anilines is 1. The van der Waals surface area contributed by atoms with E-state index in [-0.39, 0.29) is 18.2 Å². The molecule has 0 saturated carbocycles. The lowest BCUT2D eigenvalue weighted by molar-refractivity contribution is -0.121. The largest absolute Gasteiger partial charge is 0.497 e. The molecule has 1 aliphatic rings. The molecule has 0 radical (unpaired) electrons. The number of rotatable bonds is 5. The van der Waals surface area contributed by atoms with E-state index in [2.05, 4.69) is 10.9 Å². The van der Waals surface area contributed by atoms with Crippen LogP contribution in [0.4, 0.5) is 5.69 Å². The van der Waals surface area contributed by atoms with E-state index in [0.717, 1.165) is 4.90 Å². The summed E-state index contributed by atoms with van der Waals surface area (Å²) in [7, 11) is 1.54. The summed E-state index contributed by atoms with van der Waals surface area (Å²) in [4.78, 5) is 37.8. The molecule has 1 atom stereocenters. The molecule has 0 aromatic heterocycles. The fraction of sp³-hybridized carbons (Fsp3) is 0.167. The summed E-state index contributed by atoms with van der Waals surface area (Å²) in [6, 6.07) is 14.4. The van der Waals surface area contributed by atoms with Gasteiger partial charge in [-0.05, 0) is 36.4 Å². The zero-order valence-electron chi connectivity index (χ0n) is 13.6. The highest BCUT2D eigenvalue weighted by atomic mass is 16.5. The maximum Gasteiger partial charge on any atom is 0.265 e. The van der Waals surface area contributed by atoms with Crippen molar-refractivity contribution in [2.45, 2.75) is 12.5 Å². The molecule has 0 aliphatic carbocycles. The van der Waals surface area contributed by atoms with Crippen LogP contribution in [0.25, 0.3) is 0 Å². The number of amides is 3. The van der Waals surface area contributed by atoms with Crippen molar-refractivity contribution in [3.05, 3.63) is 60.2 Å². The summed E-state index contributed by atoms with van der Waals surface area (Å²) < 4.78 is 5.07. The van der Waals surface area contributed by atoms with Crippen LogP contribution < -0.4 is 20.5 Å². The van der Waals surface area contributed by atoms with Gasteiger partial charge in [0.2, 0.25) is 5.91 Å². The Labute approximate surface area is 144 Å². The second kappa shape index (κ2) is 7.14. The molecule has 2 aromatic carbocycles. The highest BCUT2D eigenvalue weighted by Gasteiger charge is 2.39. The first kappa shape index (κ1) is 16.7. The molecule has 2 aromatic rings. The van der Waals surface area contributed by atoms with E-state index in [1.807, 2.05) is 0 Å². The van der Waals surface area contributed by atoms with Crippen LogP contribution in [0.5, 0.6) is 5.75 Å². The number of hydrogen-bond acceptors (Lipinski definition) is 5. The monoisotopic (exact) mass is 339 g/mol. The normalized spacial score (nSPS) is 16.8. The standard InChI is InChI=1S/C18H17N3O4/c1-25-14-9-7-13(8-10-14)21-16(22)11-15(18(21)24)19-20-17(23)12-5-3-2-4-6-12/h2-10,15,19H,11H2,1H3,(H,20,23)/t15-/m0/s1. The number of methoxy groups -OCH3 is 1. The smallest absolute Gasteiger partial charge is 0.265 e. The van der Waals surface area contributed by atoms with Crippen LogP contribution in [0.15, 0.2) is 54.6 Å². The number of imide groups is 1. The Kier molecular flexibility index (Phi) is 4.76. The molecule has 0 spiro atoms. The van der Waals surface area contributed by atoms with Crippen LogP contribution in [0.3, 0.4) is 0 Å². The molecule has 3 rings (SSSR count). The second-order valence-electron chi connectivity index (χ2n) is 5.49. The van der Waals surface area contributed by atoms with E-state index in [1.165, 1.54) is 7.11 Å². The van der Waals surface area contributed by atoms with E-state index < -0.39 is 11.9 Å². The van der Waals surface area contributed by atoms with Gasteiger partial charge in [-0.3, -0.25) is 19.8 Å². The SMILES string of the molecule is COc1ccc(N2C(=O)C[C@H](NNC(=O)c3ccccc3)C2=O)cc1. The third-order valence-electron chi connectivity index (χ3n) is 3.87. The summed E-state index contributed by atoms with van der Waals surface area (Å²) in [5, 5.41) is 0. The highest BCUT2D eigenvalue weighted by molar-refractivity contribution is 6.22. The minimum absolute atomic E-state index is 0.0278. The zero-order chi connectivity index (χ0) is 17.8. The summed E-state index contributed by atoms with van der Waals surface area (Å²) in [5.41, 5.74) is 6.04. The molecule has 0 bridgehead atoms. The minimum Gasteiger partial charge on any atom is -0.497 e. The van der Waals surface area contributed by atoms with Crippen molar-refractivity contribution < 1.29 is 19.1 Å². The number of carbonyl (C=O) groups excluding carboxylic acids is 3. The van der Waals surface area contributed by atoms with E-state index in [9.17, 15) is 14.4 Å². The molecule has 3 amide bonds. The van der Waals surface area contributed by atoms with E-state index >= 15 is 0 Å². The van der Waals surface area contributed by atoms with Crippen molar-refractivity contribution in [2.75, 3.05) is 12.0 Å². The Balaban J connectivity index is 1.65. The molecule has 1 aliphatic heterocycles. The van der Waals surface area contributed by atoms with Crippen LogP contribution in [0.2, 0.25) is 0 Å². The quantitative estimate of drug-likeness (QED) is 0.632. The van der Waals surface area contributed by atoms with Gasteiger partial charge in [-0.15, -0.1) is 0 Å². The molecule has 7 nitrogen and oxygen atoms in total. The third kappa shape index (κ3) is 3.51.